The van der Waals surface area contributed by atoms with Gasteiger partial charge in [-0.05, 0) is 87.4 Å². The number of fused-ring (bicyclic) bond motifs is 4. The molecule has 1 aliphatic rings. The van der Waals surface area contributed by atoms with Crippen LogP contribution in [0.15, 0.2) is 225 Å². The fourth-order valence-electron chi connectivity index (χ4n) is 11.9. The summed E-state index contributed by atoms with van der Waals surface area (Å²) in [5.74, 6) is 1.97. The molecule has 1 aliphatic heterocycles. The van der Waals surface area contributed by atoms with Crippen molar-refractivity contribution >= 4 is 79.4 Å². The average molecular weight is 1270 g/mol. The third kappa shape index (κ3) is 10.1. The minimum absolute atomic E-state index is 0. The number of ether oxygens (including phenoxy) is 1. The van der Waals surface area contributed by atoms with Gasteiger partial charge < -0.3 is 9.30 Å². The summed E-state index contributed by atoms with van der Waals surface area (Å²) >= 11 is 0. The number of aromatic nitrogens is 2. The molecule has 0 atom stereocenters. The van der Waals surface area contributed by atoms with Gasteiger partial charge in [0.05, 0.1) is 0 Å². The predicted octanol–water partition coefficient (Wildman–Crippen LogP) is 16.0. The maximum Gasteiger partial charge on any atom is 2.00 e. The van der Waals surface area contributed by atoms with Crippen molar-refractivity contribution < 1.29 is 25.8 Å². The summed E-state index contributed by atoms with van der Waals surface area (Å²) in [6.45, 7) is 25.2. The van der Waals surface area contributed by atoms with Gasteiger partial charge in [-0.15, -0.1) is 23.6 Å². The third-order valence-electron chi connectivity index (χ3n) is 16.5. The molecule has 0 amide bonds. The number of pyridine rings is 1. The van der Waals surface area contributed by atoms with E-state index in [9.17, 15) is 0 Å². The molecule has 82 heavy (non-hydrogen) atoms. The van der Waals surface area contributed by atoms with Crippen LogP contribution >= 0.6 is 0 Å². The van der Waals surface area contributed by atoms with Crippen LogP contribution in [0.3, 0.4) is 0 Å². The van der Waals surface area contributed by atoms with Crippen molar-refractivity contribution in [1.29, 1.82) is 0 Å². The van der Waals surface area contributed by atoms with Crippen LogP contribution in [0.25, 0.3) is 27.6 Å². The van der Waals surface area contributed by atoms with Crippen molar-refractivity contribution in [1.82, 2.24) is 18.7 Å². The van der Waals surface area contributed by atoms with Gasteiger partial charge >= 0.3 is 32.8 Å². The first-order valence-corrected chi connectivity index (χ1v) is 30.4. The van der Waals surface area contributed by atoms with E-state index >= 15 is 0 Å². The molecule has 7 heteroatoms. The molecule has 9 aromatic carbocycles. The molecule has 408 valence electrons. The van der Waals surface area contributed by atoms with E-state index in [0.29, 0.717) is 11.5 Å². The summed E-state index contributed by atoms with van der Waals surface area (Å²) in [5, 5.41) is 7.46. The SMILES string of the molecule is CC(C)(C)c1cc([N+]2=C=[N+](c3[c-]c(Oc4[c-]c5c(cc4)c4cc([Si](c6ccccc6)(c6ccccc6)c6ccccc6)ccc4n5-c4cc(C(C)(C)C)ccn4)ccc3)c3cccc(C(C)(C)c4ccccc4)c32)cc(C(C)(C)C)c1.[Pt+2]. The standard InChI is InChI=1S/C75H70N4OSi.Pt/c1-72(2,3)53-42-43-76-70(47-53)79-67-41-39-63(81(60-30-18-13-19-31-60,61-32-20-14-21-33-61)62-34-22-15-23-35-62)50-65(67)64-40-38-59(49-69(64)79)80-58-29-24-28-56(48-58)77-51-78(57-45-54(73(4,5)6)44-55(46-57)74(7,8)9)71-66(36-25-37-68(71)77)75(10,11)52-26-16-12-17-27-52;/h12-47,50H,1-11H3;/q;+2. The Morgan fingerprint density at radius 1 is 0.463 bits per heavy atom. The Labute approximate surface area is 500 Å². The molecule has 3 heterocycles. The van der Waals surface area contributed by atoms with Crippen LogP contribution in [0.4, 0.5) is 22.7 Å². The zero-order chi connectivity index (χ0) is 56.5. The Morgan fingerprint density at radius 3 is 1.61 bits per heavy atom. The van der Waals surface area contributed by atoms with E-state index < -0.39 is 8.07 Å². The van der Waals surface area contributed by atoms with Crippen LogP contribution in [-0.2, 0) is 42.7 Å². The number of hydrogen-bond acceptors (Lipinski definition) is 2. The molecule has 12 rings (SSSR count). The minimum Gasteiger partial charge on any atom is -0.509 e. The van der Waals surface area contributed by atoms with Crippen LogP contribution < -0.4 is 34.6 Å². The molecule has 2 aromatic heterocycles. The zero-order valence-electron chi connectivity index (χ0n) is 48.9. The van der Waals surface area contributed by atoms with E-state index in [-0.39, 0.29) is 42.7 Å². The van der Waals surface area contributed by atoms with Crippen LogP contribution in [0.2, 0.25) is 0 Å². The van der Waals surface area contributed by atoms with Crippen molar-refractivity contribution in [3.63, 3.8) is 0 Å². The van der Waals surface area contributed by atoms with E-state index in [0.717, 1.165) is 50.4 Å². The van der Waals surface area contributed by atoms with Gasteiger partial charge in [0.1, 0.15) is 11.5 Å². The number of hydrogen-bond donors (Lipinski definition) is 0. The Bertz CT molecular complexity index is 4120. The number of nitrogens with zero attached hydrogens (tertiary/aromatic N) is 4. The second kappa shape index (κ2) is 21.4. The summed E-state index contributed by atoms with van der Waals surface area (Å²) in [6, 6.07) is 91.1. The summed E-state index contributed by atoms with van der Waals surface area (Å²) in [4.78, 5) is 5.09. The first-order valence-electron chi connectivity index (χ1n) is 28.4. The van der Waals surface area contributed by atoms with Crippen LogP contribution in [-0.4, -0.2) is 23.6 Å². The van der Waals surface area contributed by atoms with Crippen molar-refractivity contribution in [3.05, 3.63) is 265 Å². The largest absolute Gasteiger partial charge is 2.00 e. The monoisotopic (exact) mass is 1270 g/mol. The predicted molar refractivity (Wildman–Crippen MR) is 342 cm³/mol. The van der Waals surface area contributed by atoms with Gasteiger partial charge in [0.25, 0.3) is 5.69 Å². The maximum absolute atomic E-state index is 6.94. The van der Waals surface area contributed by atoms with Gasteiger partial charge in [0.2, 0.25) is 5.69 Å². The topological polar surface area (TPSA) is 33.1 Å². The van der Waals surface area contributed by atoms with Gasteiger partial charge in [-0.2, -0.15) is 12.1 Å². The van der Waals surface area contributed by atoms with E-state index in [1.807, 2.05) is 24.4 Å². The van der Waals surface area contributed by atoms with Gasteiger partial charge in [-0.1, -0.05) is 250 Å². The number of para-hydroxylation sites is 1. The van der Waals surface area contributed by atoms with Crippen molar-refractivity contribution in [3.8, 4) is 17.3 Å². The fraction of sp³-hybridized carbons (Fsp3) is 0.200. The average Bonchev–Trinajstić information content (AvgIpc) is 2.40. The quantitative estimate of drug-likeness (QED) is 0.0560. The molecule has 0 saturated carbocycles. The van der Waals surface area contributed by atoms with Gasteiger partial charge in [-0.25, -0.2) is 4.98 Å². The summed E-state index contributed by atoms with van der Waals surface area (Å²) in [6.07, 6.45) is 1.93. The summed E-state index contributed by atoms with van der Waals surface area (Å²) in [5.41, 5.74) is 11.5. The summed E-state index contributed by atoms with van der Waals surface area (Å²) in [7, 11) is -2.86. The third-order valence-corrected chi connectivity index (χ3v) is 21.3. The molecule has 0 spiro atoms. The van der Waals surface area contributed by atoms with Crippen LogP contribution in [0.5, 0.6) is 11.5 Å². The van der Waals surface area contributed by atoms with E-state index in [1.54, 1.807) is 0 Å². The van der Waals surface area contributed by atoms with E-state index in [1.165, 1.54) is 48.6 Å². The molecular weight excluding hydrogens is 1200 g/mol. The minimum atomic E-state index is -2.86. The maximum atomic E-state index is 6.94. The molecule has 0 radical (unpaired) electrons. The van der Waals surface area contributed by atoms with Crippen molar-refractivity contribution in [2.45, 2.75) is 97.8 Å². The molecule has 11 aromatic rings. The molecule has 0 N–H and O–H groups in total. The zero-order valence-corrected chi connectivity index (χ0v) is 52.1. The van der Waals surface area contributed by atoms with E-state index in [2.05, 4.69) is 308 Å². The molecule has 0 saturated heterocycles. The second-order valence-electron chi connectivity index (χ2n) is 25.4. The normalized spacial score (nSPS) is 12.9. The first-order chi connectivity index (χ1) is 38.8. The van der Waals surface area contributed by atoms with Crippen molar-refractivity contribution in [2.24, 2.45) is 0 Å². The van der Waals surface area contributed by atoms with E-state index in [4.69, 9.17) is 9.72 Å². The van der Waals surface area contributed by atoms with Gasteiger partial charge in [0.15, 0.2) is 8.07 Å². The Hall–Kier alpha value is -7.98. The molecule has 0 unspecified atom stereocenters. The number of benzene rings is 9. The molecule has 0 aliphatic carbocycles. The smallest absolute Gasteiger partial charge is 0.509 e. The van der Waals surface area contributed by atoms with Crippen LogP contribution in [0.1, 0.15) is 104 Å². The Morgan fingerprint density at radius 2 is 1.02 bits per heavy atom. The number of rotatable bonds is 11. The molecule has 0 bridgehead atoms. The first kappa shape index (κ1) is 55.9. The van der Waals surface area contributed by atoms with Crippen molar-refractivity contribution in [2.75, 3.05) is 0 Å². The Kier molecular flexibility index (Phi) is 14.6. The van der Waals surface area contributed by atoms with Gasteiger partial charge in [0, 0.05) is 52.4 Å². The second-order valence-corrected chi connectivity index (χ2v) is 29.2. The molecule has 5 nitrogen and oxygen atoms in total. The summed E-state index contributed by atoms with van der Waals surface area (Å²) < 4.78 is 13.6. The van der Waals surface area contributed by atoms with Crippen LogP contribution in [0, 0.1) is 12.1 Å². The molecular formula is C75H70N4OPtSi+2. The van der Waals surface area contributed by atoms with Gasteiger partial charge in [-0.3, -0.25) is 0 Å². The fourth-order valence-corrected chi connectivity index (χ4v) is 16.7. The molecule has 0 fully saturated rings. The Balaban J connectivity index is 0.00000705.